The molecule has 7 rings (SSSR count). The van der Waals surface area contributed by atoms with E-state index in [2.05, 4.69) is 75.6 Å². The number of hydrogen-bond acceptors (Lipinski definition) is 2. The number of nitrogens with zero attached hydrogens (tertiary/aromatic N) is 3. The molecule has 0 bridgehead atoms. The molecule has 0 aliphatic carbocycles. The first-order valence-electron chi connectivity index (χ1n) is 13.0. The van der Waals surface area contributed by atoms with Crippen molar-refractivity contribution in [2.24, 2.45) is 0 Å². The molecule has 4 aromatic carbocycles. The van der Waals surface area contributed by atoms with Crippen LogP contribution in [-0.4, -0.2) is 22.1 Å². The van der Waals surface area contributed by atoms with E-state index >= 15 is 0 Å². The number of hydrogen-bond donors (Lipinski definition) is 0. The van der Waals surface area contributed by atoms with Crippen molar-refractivity contribution in [1.82, 2.24) is 9.56 Å². The first kappa shape index (κ1) is 26.5. The zero-order valence-electron chi connectivity index (χ0n) is 21.6. The van der Waals surface area contributed by atoms with Crippen LogP contribution in [0.5, 0.6) is 0 Å². The Kier molecular flexibility index (Phi) is 8.24. The van der Waals surface area contributed by atoms with Gasteiger partial charge >= 0.3 is 6.01 Å². The van der Waals surface area contributed by atoms with Crippen LogP contribution in [0, 0.1) is 12.1 Å². The molecular weight excluding hydrogens is 659 g/mol. The Labute approximate surface area is 241 Å². The van der Waals surface area contributed by atoms with Crippen LogP contribution in [0.1, 0.15) is 19.8 Å². The minimum absolute atomic E-state index is 0. The van der Waals surface area contributed by atoms with E-state index in [0.29, 0.717) is 0 Å². The van der Waals surface area contributed by atoms with Crippen LogP contribution in [0.15, 0.2) is 114 Å². The molecule has 4 nitrogen and oxygen atoms in total. The van der Waals surface area contributed by atoms with Crippen molar-refractivity contribution in [1.29, 1.82) is 0 Å². The molecule has 0 fully saturated rings. The molecule has 5 heteroatoms. The number of benzene rings is 4. The van der Waals surface area contributed by atoms with E-state index in [4.69, 9.17) is 4.42 Å². The molecule has 0 saturated carbocycles. The molecule has 1 aliphatic heterocycles. The van der Waals surface area contributed by atoms with E-state index in [1.165, 1.54) is 5.69 Å². The first-order chi connectivity index (χ1) is 18.8. The Morgan fingerprint density at radius 1 is 0.795 bits per heavy atom. The molecule has 0 saturated heterocycles. The molecule has 6 aromatic rings. The number of fused-ring (bicyclic) bond motifs is 4. The molecule has 0 amide bonds. The largest absolute Gasteiger partial charge is 0.509 e. The van der Waals surface area contributed by atoms with E-state index in [9.17, 15) is 0 Å². The van der Waals surface area contributed by atoms with E-state index in [1.54, 1.807) is 6.20 Å². The zero-order valence-corrected chi connectivity index (χ0v) is 24.0. The van der Waals surface area contributed by atoms with Gasteiger partial charge in [-0.1, -0.05) is 70.3 Å². The molecule has 0 unspecified atom stereocenters. The van der Waals surface area contributed by atoms with Crippen LogP contribution < -0.4 is 4.58 Å². The Morgan fingerprint density at radius 3 is 2.38 bits per heavy atom. The predicted molar refractivity (Wildman–Crippen MR) is 154 cm³/mol. The summed E-state index contributed by atoms with van der Waals surface area (Å²) in [6, 6.07) is 44.3. The molecule has 0 spiro atoms. The Balaban J connectivity index is 0.000000200. The average molecular weight is 686 g/mol. The fourth-order valence-electron chi connectivity index (χ4n) is 4.68. The number of rotatable bonds is 5. The maximum Gasteiger partial charge on any atom is 0.494 e. The smallest absolute Gasteiger partial charge is 0.494 e. The summed E-state index contributed by atoms with van der Waals surface area (Å²) in [5.74, 6) is 0. The molecule has 0 N–H and O–H groups in total. The Morgan fingerprint density at radius 2 is 1.59 bits per heavy atom. The number of para-hydroxylation sites is 3. The van der Waals surface area contributed by atoms with E-state index in [0.717, 1.165) is 64.0 Å². The van der Waals surface area contributed by atoms with Crippen molar-refractivity contribution in [2.45, 2.75) is 19.8 Å². The monoisotopic (exact) mass is 686 g/mol. The van der Waals surface area contributed by atoms with Crippen molar-refractivity contribution in [3.8, 4) is 11.3 Å². The van der Waals surface area contributed by atoms with E-state index in [-0.39, 0.29) is 20.1 Å². The maximum absolute atomic E-state index is 6.20. The van der Waals surface area contributed by atoms with Gasteiger partial charge in [-0.25, -0.2) is 0 Å². The molecular formula is C34H27IrN3O. The van der Waals surface area contributed by atoms with Gasteiger partial charge in [0.15, 0.2) is 12.2 Å². The van der Waals surface area contributed by atoms with Gasteiger partial charge in [0.2, 0.25) is 0 Å². The minimum atomic E-state index is 0. The second kappa shape index (κ2) is 12.1. The third-order valence-electron chi connectivity index (χ3n) is 6.56. The van der Waals surface area contributed by atoms with Gasteiger partial charge in [0.05, 0.1) is 5.58 Å². The number of furan rings is 1. The fourth-order valence-corrected chi connectivity index (χ4v) is 4.68. The molecule has 3 heterocycles. The van der Waals surface area contributed by atoms with E-state index < -0.39 is 0 Å². The van der Waals surface area contributed by atoms with Crippen LogP contribution in [0.3, 0.4) is 0 Å². The predicted octanol–water partition coefficient (Wildman–Crippen LogP) is 8.40. The molecule has 1 radical (unpaired) electrons. The quantitative estimate of drug-likeness (QED) is 0.135. The second-order valence-corrected chi connectivity index (χ2v) is 9.09. The molecule has 39 heavy (non-hydrogen) atoms. The van der Waals surface area contributed by atoms with Crippen molar-refractivity contribution < 1.29 is 29.1 Å². The average Bonchev–Trinajstić information content (AvgIpc) is 3.56. The maximum atomic E-state index is 6.20. The summed E-state index contributed by atoms with van der Waals surface area (Å²) in [7, 11) is 0. The van der Waals surface area contributed by atoms with Gasteiger partial charge < -0.3 is 9.40 Å². The van der Waals surface area contributed by atoms with Gasteiger partial charge in [-0.2, -0.15) is 12.1 Å². The first-order valence-corrected chi connectivity index (χ1v) is 13.0. The number of pyridine rings is 1. The summed E-state index contributed by atoms with van der Waals surface area (Å²) >= 11 is 0. The van der Waals surface area contributed by atoms with Crippen molar-refractivity contribution in [2.75, 3.05) is 6.54 Å². The van der Waals surface area contributed by atoms with Gasteiger partial charge in [-0.05, 0) is 17.8 Å². The SMILES string of the molecule is CCCC[N+]1=C=[N+](c2[c-]ccc3c2oc2ccccc23)c2ccccc21.[Ir].[c-]1ccccc1-c1ccccn1. The van der Waals surface area contributed by atoms with Gasteiger partial charge in [0, 0.05) is 50.2 Å². The van der Waals surface area contributed by atoms with Crippen LogP contribution in [0.2, 0.25) is 0 Å². The Hall–Kier alpha value is -4.14. The zero-order chi connectivity index (χ0) is 25.7. The van der Waals surface area contributed by atoms with Crippen molar-refractivity contribution in [3.05, 3.63) is 121 Å². The number of unbranched alkanes of at least 4 members (excludes halogenated alkanes) is 1. The van der Waals surface area contributed by atoms with Crippen molar-refractivity contribution >= 4 is 45.0 Å². The molecule has 0 atom stereocenters. The summed E-state index contributed by atoms with van der Waals surface area (Å²) in [6.45, 7) is 3.17. The third-order valence-corrected chi connectivity index (χ3v) is 6.56. The fraction of sp³-hybridized carbons (Fsp3) is 0.118. The van der Waals surface area contributed by atoms with Crippen molar-refractivity contribution in [3.63, 3.8) is 0 Å². The molecule has 1 aliphatic rings. The molecule has 193 valence electrons. The number of aromatic nitrogens is 1. The Bertz CT molecular complexity index is 1750. The van der Waals surface area contributed by atoms with Gasteiger partial charge in [-0.3, -0.25) is 0 Å². The van der Waals surface area contributed by atoms with Crippen LogP contribution in [-0.2, 0) is 20.1 Å². The third kappa shape index (κ3) is 5.39. The second-order valence-electron chi connectivity index (χ2n) is 9.09. The summed E-state index contributed by atoms with van der Waals surface area (Å²) in [5, 5.41) is 2.24. The van der Waals surface area contributed by atoms with Crippen LogP contribution in [0.4, 0.5) is 17.1 Å². The van der Waals surface area contributed by atoms with Gasteiger partial charge in [0.1, 0.15) is 5.58 Å². The summed E-state index contributed by atoms with van der Waals surface area (Å²) in [5.41, 5.74) is 6.98. The van der Waals surface area contributed by atoms with Crippen LogP contribution >= 0.6 is 0 Å². The normalized spacial score (nSPS) is 11.7. The summed E-state index contributed by atoms with van der Waals surface area (Å²) in [6.07, 6.45) is 4.08. The topological polar surface area (TPSA) is 32.0 Å². The standard InChI is InChI=1S/C23H19N2O.C11H8N.Ir/c1-2-3-15-24-16-25(20-12-6-5-11-19(20)24)21-13-8-10-18-17-9-4-7-14-22(17)26-23(18)21;1-2-6-10(7-3-1)11-8-4-5-9-12-11;/h4-12,14H,2-3,15H2,1H3;1-6,8-9H;/q+1;-1;. The van der Waals surface area contributed by atoms with Gasteiger partial charge in [0.25, 0.3) is 11.4 Å². The summed E-state index contributed by atoms with van der Waals surface area (Å²) < 4.78 is 10.5. The van der Waals surface area contributed by atoms with Gasteiger partial charge in [-0.15, -0.1) is 42.0 Å². The molecule has 2 aromatic heterocycles. The van der Waals surface area contributed by atoms with E-state index in [1.807, 2.05) is 66.7 Å². The summed E-state index contributed by atoms with van der Waals surface area (Å²) in [4.78, 5) is 4.22. The van der Waals surface area contributed by atoms with Crippen LogP contribution in [0.25, 0.3) is 33.2 Å². The minimum Gasteiger partial charge on any atom is -0.509 e.